The Kier molecular flexibility index (Phi) is 3.39. The minimum absolute atomic E-state index is 0. The van der Waals surface area contributed by atoms with Crippen molar-refractivity contribution >= 4 is 0 Å². The maximum absolute atomic E-state index is 8.67. The van der Waals surface area contributed by atoms with Crippen LogP contribution in [0.4, 0.5) is 0 Å². The molecule has 1 radical (unpaired) electrons. The van der Waals surface area contributed by atoms with Gasteiger partial charge >= 0.3 is 0 Å². The second kappa shape index (κ2) is 3.56. The Morgan fingerprint density at radius 1 is 0.889 bits per heavy atom. The third-order valence-electron chi connectivity index (χ3n) is 0.882. The zero-order valence-corrected chi connectivity index (χ0v) is 6.67. The van der Waals surface area contributed by atoms with Gasteiger partial charge in [0.1, 0.15) is 0 Å². The molecule has 0 fully saturated rings. The number of hydrogen-bond acceptors (Lipinski definition) is 2. The van der Waals surface area contributed by atoms with Gasteiger partial charge in [0.25, 0.3) is 0 Å². The van der Waals surface area contributed by atoms with E-state index in [1.165, 1.54) is 12.1 Å². The molecule has 1 aromatic rings. The summed E-state index contributed by atoms with van der Waals surface area (Å²) in [6.07, 6.45) is 0. The first-order valence-electron chi connectivity index (χ1n) is 2.27. The Morgan fingerprint density at radius 3 is 1.44 bits per heavy atom. The van der Waals surface area contributed by atoms with Gasteiger partial charge in [-0.15, -0.1) is 0 Å². The fraction of sp³-hybridized carbons (Fsp3) is 0. The van der Waals surface area contributed by atoms with Crippen molar-refractivity contribution in [2.75, 3.05) is 0 Å². The third-order valence-corrected chi connectivity index (χ3v) is 0.882. The molecule has 1 rings (SSSR count). The normalized spacial score (nSPS) is 8.00. The Morgan fingerprint density at radius 2 is 1.22 bits per heavy atom. The Balaban J connectivity index is 0.000000640. The molecule has 0 aliphatic heterocycles. The molecule has 2 nitrogen and oxygen atoms in total. The minimum Gasteiger partial charge on any atom is -0.504 e. The van der Waals surface area contributed by atoms with Gasteiger partial charge in [-0.1, -0.05) is 12.1 Å². The van der Waals surface area contributed by atoms with Crippen molar-refractivity contribution in [1.82, 2.24) is 0 Å². The quantitative estimate of drug-likeness (QED) is 0.556. The second-order valence-corrected chi connectivity index (χ2v) is 1.49. The number of para-hydroxylation sites is 2. The molecule has 0 saturated heterocycles. The number of phenols is 2. The van der Waals surface area contributed by atoms with Crippen LogP contribution < -0.4 is 0 Å². The van der Waals surface area contributed by atoms with Gasteiger partial charge in [-0.05, 0) is 12.1 Å². The summed E-state index contributed by atoms with van der Waals surface area (Å²) in [6.45, 7) is 0. The predicted octanol–water partition coefficient (Wildman–Crippen LogP) is 1.10. The first-order valence-corrected chi connectivity index (χ1v) is 2.27. The molecule has 0 spiro atoms. The average Bonchev–Trinajstić information content (AvgIpc) is 1.77. The molecule has 9 heavy (non-hydrogen) atoms. The van der Waals surface area contributed by atoms with Gasteiger partial charge in [0, 0.05) is 22.4 Å². The van der Waals surface area contributed by atoms with Gasteiger partial charge < -0.3 is 10.2 Å². The van der Waals surface area contributed by atoms with Crippen LogP contribution in [-0.4, -0.2) is 10.2 Å². The summed E-state index contributed by atoms with van der Waals surface area (Å²) in [5, 5.41) is 17.3. The molecule has 0 unspecified atom stereocenters. The van der Waals surface area contributed by atoms with Crippen LogP contribution in [0, 0.1) is 0 Å². The fourth-order valence-corrected chi connectivity index (χ4v) is 0.464. The smallest absolute Gasteiger partial charge is 0.157 e. The summed E-state index contributed by atoms with van der Waals surface area (Å²) in [4.78, 5) is 0. The van der Waals surface area contributed by atoms with Gasteiger partial charge in [-0.2, -0.15) is 0 Å². The maximum Gasteiger partial charge on any atom is 0.157 e. The topological polar surface area (TPSA) is 40.5 Å². The van der Waals surface area contributed by atoms with Crippen molar-refractivity contribution in [3.8, 4) is 11.5 Å². The van der Waals surface area contributed by atoms with Crippen molar-refractivity contribution in [2.45, 2.75) is 0 Å². The monoisotopic (exact) mass is 307 g/mol. The standard InChI is InChI=1S/C6H6O2.Au/c7-5-3-1-2-4-6(5)8;/h1-4,7-8H;. The van der Waals surface area contributed by atoms with Crippen LogP contribution in [0.15, 0.2) is 24.3 Å². The SMILES string of the molecule is Oc1ccccc1O.[Au]. The van der Waals surface area contributed by atoms with Crippen molar-refractivity contribution in [3.05, 3.63) is 24.3 Å². The van der Waals surface area contributed by atoms with Crippen LogP contribution in [0.3, 0.4) is 0 Å². The molecule has 0 saturated carbocycles. The van der Waals surface area contributed by atoms with Crippen molar-refractivity contribution in [1.29, 1.82) is 0 Å². The van der Waals surface area contributed by atoms with Crippen molar-refractivity contribution < 1.29 is 32.6 Å². The van der Waals surface area contributed by atoms with E-state index in [-0.39, 0.29) is 33.9 Å². The van der Waals surface area contributed by atoms with E-state index in [1.807, 2.05) is 0 Å². The van der Waals surface area contributed by atoms with Crippen LogP contribution in [0.25, 0.3) is 0 Å². The first-order chi connectivity index (χ1) is 3.80. The zero-order valence-electron chi connectivity index (χ0n) is 4.51. The molecule has 0 atom stereocenters. The molecule has 0 bridgehead atoms. The largest absolute Gasteiger partial charge is 0.504 e. The molecule has 0 aliphatic rings. The van der Waals surface area contributed by atoms with Gasteiger partial charge in [0.15, 0.2) is 11.5 Å². The zero-order chi connectivity index (χ0) is 5.98. The number of rotatable bonds is 0. The van der Waals surface area contributed by atoms with E-state index in [2.05, 4.69) is 0 Å². The summed E-state index contributed by atoms with van der Waals surface area (Å²) in [5.41, 5.74) is 0. The van der Waals surface area contributed by atoms with Crippen LogP contribution in [0.5, 0.6) is 11.5 Å². The Bertz CT molecular complexity index is 167. The number of aromatic hydroxyl groups is 2. The second-order valence-electron chi connectivity index (χ2n) is 1.49. The molecule has 0 amide bonds. The molecule has 2 N–H and O–H groups in total. The van der Waals surface area contributed by atoms with E-state index in [1.54, 1.807) is 12.1 Å². The van der Waals surface area contributed by atoms with E-state index in [4.69, 9.17) is 10.2 Å². The van der Waals surface area contributed by atoms with Crippen LogP contribution in [0.1, 0.15) is 0 Å². The summed E-state index contributed by atoms with van der Waals surface area (Å²) in [7, 11) is 0. The number of hydrogen-bond donors (Lipinski definition) is 2. The Hall–Kier alpha value is -0.440. The molecule has 1 aromatic carbocycles. The molecule has 0 aliphatic carbocycles. The van der Waals surface area contributed by atoms with Crippen molar-refractivity contribution in [3.63, 3.8) is 0 Å². The average molecular weight is 307 g/mol. The van der Waals surface area contributed by atoms with Gasteiger partial charge in [0.2, 0.25) is 0 Å². The molecule has 53 valence electrons. The number of benzene rings is 1. The summed E-state index contributed by atoms with van der Waals surface area (Å²) < 4.78 is 0. The third kappa shape index (κ3) is 2.10. The number of phenolic OH excluding ortho intramolecular Hbond substituents is 2. The van der Waals surface area contributed by atoms with Crippen LogP contribution in [-0.2, 0) is 22.4 Å². The first kappa shape index (κ1) is 8.56. The summed E-state index contributed by atoms with van der Waals surface area (Å²) in [5.74, 6) is -0.153. The molecule has 3 heteroatoms. The fourth-order valence-electron chi connectivity index (χ4n) is 0.464. The predicted molar refractivity (Wildman–Crippen MR) is 29.8 cm³/mol. The van der Waals surface area contributed by atoms with Crippen LogP contribution >= 0.6 is 0 Å². The molecule has 0 aromatic heterocycles. The Labute approximate surface area is 68.7 Å². The van der Waals surface area contributed by atoms with Crippen molar-refractivity contribution in [2.24, 2.45) is 0 Å². The summed E-state index contributed by atoms with van der Waals surface area (Å²) >= 11 is 0. The molecule has 0 heterocycles. The van der Waals surface area contributed by atoms with Gasteiger partial charge in [-0.3, -0.25) is 0 Å². The van der Waals surface area contributed by atoms with E-state index in [0.717, 1.165) is 0 Å². The molecular formula is C6H6AuO2. The van der Waals surface area contributed by atoms with Gasteiger partial charge in [-0.25, -0.2) is 0 Å². The van der Waals surface area contributed by atoms with Gasteiger partial charge in [0.05, 0.1) is 0 Å². The van der Waals surface area contributed by atoms with E-state index in [0.29, 0.717) is 0 Å². The van der Waals surface area contributed by atoms with E-state index < -0.39 is 0 Å². The molecular weight excluding hydrogens is 301 g/mol. The van der Waals surface area contributed by atoms with Crippen LogP contribution in [0.2, 0.25) is 0 Å². The van der Waals surface area contributed by atoms with E-state index in [9.17, 15) is 0 Å². The summed E-state index contributed by atoms with van der Waals surface area (Å²) in [6, 6.07) is 6.15. The maximum atomic E-state index is 8.67. The minimum atomic E-state index is -0.0764. The van der Waals surface area contributed by atoms with E-state index >= 15 is 0 Å².